The van der Waals surface area contributed by atoms with Gasteiger partial charge in [-0.1, -0.05) is 0 Å². The molecule has 0 aromatic carbocycles. The average Bonchev–Trinajstić information content (AvgIpc) is 2.86. The molecule has 1 atom stereocenters. The molecule has 0 radical (unpaired) electrons. The van der Waals surface area contributed by atoms with Crippen molar-refractivity contribution < 1.29 is 9.84 Å². The highest BCUT2D eigenvalue weighted by Crippen LogP contribution is 2.57. The Balaban J connectivity index is 1.97. The number of ether oxygens (including phenoxy) is 1. The first-order chi connectivity index (χ1) is 5.76. The maximum atomic E-state index is 9.65. The maximum absolute atomic E-state index is 9.65. The molecule has 1 N–H and O–H groups in total. The third-order valence-electron chi connectivity index (χ3n) is 3.69. The third-order valence-corrected chi connectivity index (χ3v) is 3.69. The van der Waals surface area contributed by atoms with Gasteiger partial charge in [-0.3, -0.25) is 0 Å². The summed E-state index contributed by atoms with van der Waals surface area (Å²) in [7, 11) is 0. The first-order valence-corrected chi connectivity index (χ1v) is 5.01. The van der Waals surface area contributed by atoms with Gasteiger partial charge in [-0.2, -0.15) is 0 Å². The van der Waals surface area contributed by atoms with Gasteiger partial charge in [0.15, 0.2) is 0 Å². The minimum atomic E-state index is -0.111. The Morgan fingerprint density at radius 2 is 1.92 bits per heavy atom. The molecule has 1 saturated carbocycles. The molecule has 0 amide bonds. The van der Waals surface area contributed by atoms with Gasteiger partial charge >= 0.3 is 0 Å². The fourth-order valence-corrected chi connectivity index (χ4v) is 2.58. The van der Waals surface area contributed by atoms with Crippen molar-refractivity contribution in [1.29, 1.82) is 0 Å². The smallest absolute Gasteiger partial charge is 0.0570 e. The summed E-state index contributed by atoms with van der Waals surface area (Å²) in [4.78, 5) is 0. The summed E-state index contributed by atoms with van der Waals surface area (Å²) in [5, 5.41) is 9.65. The highest BCUT2D eigenvalue weighted by Gasteiger charge is 2.52. The van der Waals surface area contributed by atoms with Crippen molar-refractivity contribution in [3.8, 4) is 0 Å². The van der Waals surface area contributed by atoms with Crippen LogP contribution in [0.15, 0.2) is 0 Å². The van der Waals surface area contributed by atoms with E-state index in [1.165, 1.54) is 12.8 Å². The van der Waals surface area contributed by atoms with Crippen LogP contribution in [0.2, 0.25) is 0 Å². The van der Waals surface area contributed by atoms with E-state index in [4.69, 9.17) is 4.74 Å². The molecule has 2 aliphatic rings. The number of aliphatic hydroxyl groups is 1. The van der Waals surface area contributed by atoms with Crippen LogP contribution in [0.4, 0.5) is 0 Å². The number of rotatable bonds is 2. The van der Waals surface area contributed by atoms with Crippen LogP contribution in [0.3, 0.4) is 0 Å². The van der Waals surface area contributed by atoms with Crippen LogP contribution in [0.5, 0.6) is 0 Å². The lowest BCUT2D eigenvalue weighted by Crippen LogP contribution is -2.31. The van der Waals surface area contributed by atoms with Gasteiger partial charge in [0.1, 0.15) is 0 Å². The quantitative estimate of drug-likeness (QED) is 0.681. The zero-order valence-electron chi connectivity index (χ0n) is 7.75. The molecule has 0 spiro atoms. The minimum absolute atomic E-state index is 0.111. The van der Waals surface area contributed by atoms with Gasteiger partial charge in [0.05, 0.1) is 6.10 Å². The Labute approximate surface area is 73.9 Å². The van der Waals surface area contributed by atoms with Crippen molar-refractivity contribution >= 4 is 0 Å². The molecular weight excluding hydrogens is 152 g/mol. The molecule has 2 rings (SSSR count). The Hall–Kier alpha value is -0.0800. The Morgan fingerprint density at radius 3 is 2.33 bits per heavy atom. The second-order valence-electron chi connectivity index (χ2n) is 4.30. The van der Waals surface area contributed by atoms with Crippen LogP contribution < -0.4 is 0 Å². The largest absolute Gasteiger partial charge is 0.393 e. The highest BCUT2D eigenvalue weighted by atomic mass is 16.5. The predicted molar refractivity (Wildman–Crippen MR) is 46.9 cm³/mol. The van der Waals surface area contributed by atoms with Crippen LogP contribution >= 0.6 is 0 Å². The summed E-state index contributed by atoms with van der Waals surface area (Å²) in [6, 6.07) is 0. The van der Waals surface area contributed by atoms with Gasteiger partial charge in [0, 0.05) is 13.2 Å². The second-order valence-corrected chi connectivity index (χ2v) is 4.30. The molecule has 1 unspecified atom stereocenters. The van der Waals surface area contributed by atoms with Crippen LogP contribution in [-0.2, 0) is 4.74 Å². The van der Waals surface area contributed by atoms with Crippen LogP contribution in [0, 0.1) is 11.3 Å². The third kappa shape index (κ3) is 1.27. The lowest BCUT2D eigenvalue weighted by atomic mass is 9.80. The van der Waals surface area contributed by atoms with Gasteiger partial charge in [0.25, 0.3) is 0 Å². The molecule has 1 aliphatic carbocycles. The van der Waals surface area contributed by atoms with E-state index >= 15 is 0 Å². The number of aliphatic hydroxyl groups excluding tert-OH is 1. The monoisotopic (exact) mass is 170 g/mol. The van der Waals surface area contributed by atoms with Crippen molar-refractivity contribution in [3.05, 3.63) is 0 Å². The van der Waals surface area contributed by atoms with E-state index in [-0.39, 0.29) is 6.10 Å². The molecule has 0 aromatic rings. The molecule has 2 heteroatoms. The second kappa shape index (κ2) is 3.00. The Kier molecular flexibility index (Phi) is 2.13. The van der Waals surface area contributed by atoms with Crippen molar-refractivity contribution in [1.82, 2.24) is 0 Å². The number of hydrogen-bond acceptors (Lipinski definition) is 2. The molecule has 1 saturated heterocycles. The summed E-state index contributed by atoms with van der Waals surface area (Å²) in [6.45, 7) is 3.75. The first kappa shape index (κ1) is 8.52. The maximum Gasteiger partial charge on any atom is 0.0570 e. The van der Waals surface area contributed by atoms with Gasteiger partial charge in [0.2, 0.25) is 0 Å². The summed E-state index contributed by atoms with van der Waals surface area (Å²) in [6.07, 6.45) is 4.67. The minimum Gasteiger partial charge on any atom is -0.393 e. The van der Waals surface area contributed by atoms with Gasteiger partial charge in [-0.25, -0.2) is 0 Å². The van der Waals surface area contributed by atoms with E-state index in [1.54, 1.807) is 0 Å². The van der Waals surface area contributed by atoms with Crippen molar-refractivity contribution in [3.63, 3.8) is 0 Å². The molecule has 0 aromatic heterocycles. The van der Waals surface area contributed by atoms with Crippen molar-refractivity contribution in [2.75, 3.05) is 13.2 Å². The van der Waals surface area contributed by atoms with E-state index in [0.29, 0.717) is 5.41 Å². The van der Waals surface area contributed by atoms with E-state index < -0.39 is 0 Å². The van der Waals surface area contributed by atoms with Crippen LogP contribution in [0.1, 0.15) is 32.6 Å². The summed E-state index contributed by atoms with van der Waals surface area (Å²) < 4.78 is 5.32. The summed E-state index contributed by atoms with van der Waals surface area (Å²) in [5.74, 6) is 0.728. The molecule has 12 heavy (non-hydrogen) atoms. The SMILES string of the molecule is CC(O)C1(C2CCOCC2)CC1. The Bertz CT molecular complexity index is 155. The van der Waals surface area contributed by atoms with Crippen LogP contribution in [-0.4, -0.2) is 24.4 Å². The normalized spacial score (nSPS) is 31.5. The van der Waals surface area contributed by atoms with Crippen molar-refractivity contribution in [2.45, 2.75) is 38.7 Å². The lowest BCUT2D eigenvalue weighted by Gasteiger charge is -2.32. The molecular formula is C10H18O2. The van der Waals surface area contributed by atoms with Gasteiger partial charge in [-0.15, -0.1) is 0 Å². The average molecular weight is 170 g/mol. The zero-order valence-corrected chi connectivity index (χ0v) is 7.75. The first-order valence-electron chi connectivity index (χ1n) is 5.01. The molecule has 2 fully saturated rings. The summed E-state index contributed by atoms with van der Waals surface area (Å²) >= 11 is 0. The lowest BCUT2D eigenvalue weighted by molar-refractivity contribution is -0.00178. The predicted octanol–water partition coefficient (Wildman–Crippen LogP) is 1.57. The fourth-order valence-electron chi connectivity index (χ4n) is 2.58. The topological polar surface area (TPSA) is 29.5 Å². The van der Waals surface area contributed by atoms with E-state index in [1.807, 2.05) is 6.92 Å². The van der Waals surface area contributed by atoms with E-state index in [2.05, 4.69) is 0 Å². The van der Waals surface area contributed by atoms with Crippen molar-refractivity contribution in [2.24, 2.45) is 11.3 Å². The van der Waals surface area contributed by atoms with E-state index in [0.717, 1.165) is 32.0 Å². The molecule has 70 valence electrons. The highest BCUT2D eigenvalue weighted by molar-refractivity contribution is 5.02. The Morgan fingerprint density at radius 1 is 1.33 bits per heavy atom. The van der Waals surface area contributed by atoms with Crippen LogP contribution in [0.25, 0.3) is 0 Å². The van der Waals surface area contributed by atoms with Gasteiger partial charge < -0.3 is 9.84 Å². The van der Waals surface area contributed by atoms with E-state index in [9.17, 15) is 5.11 Å². The summed E-state index contributed by atoms with van der Waals surface area (Å²) in [5.41, 5.74) is 0.295. The zero-order chi connectivity index (χ0) is 8.60. The molecule has 1 aliphatic heterocycles. The number of hydrogen-bond donors (Lipinski definition) is 1. The molecule has 2 nitrogen and oxygen atoms in total. The fraction of sp³-hybridized carbons (Fsp3) is 1.00. The molecule has 1 heterocycles. The molecule has 0 bridgehead atoms. The standard InChI is InChI=1S/C10H18O2/c1-8(11)10(4-5-10)9-2-6-12-7-3-9/h8-9,11H,2-7H2,1H3. The van der Waals surface area contributed by atoms with Gasteiger partial charge in [-0.05, 0) is 43.9 Å².